The van der Waals surface area contributed by atoms with Crippen molar-refractivity contribution in [2.45, 2.75) is 20.4 Å². The molecule has 5 rings (SSSR count). The van der Waals surface area contributed by atoms with Crippen LogP contribution in [0.1, 0.15) is 29.8 Å². The van der Waals surface area contributed by atoms with Crippen LogP contribution in [0.2, 0.25) is 0 Å². The lowest BCUT2D eigenvalue weighted by Gasteiger charge is -2.23. The number of fused-ring (bicyclic) bond motifs is 4. The molecule has 6 heteroatoms. The number of nitriles is 1. The highest BCUT2D eigenvalue weighted by Crippen LogP contribution is 2.38. The predicted molar refractivity (Wildman–Crippen MR) is 118 cm³/mol. The lowest BCUT2D eigenvalue weighted by atomic mass is 9.94. The molecule has 3 N–H and O–H groups in total. The van der Waals surface area contributed by atoms with Gasteiger partial charge in [-0.25, -0.2) is 4.98 Å². The third-order valence-corrected chi connectivity index (χ3v) is 5.77. The fraction of sp³-hybridized carbons (Fsp3) is 0.208. The minimum absolute atomic E-state index is 0.106. The van der Waals surface area contributed by atoms with Gasteiger partial charge in [0.15, 0.2) is 0 Å². The van der Waals surface area contributed by atoms with Crippen LogP contribution >= 0.6 is 0 Å². The summed E-state index contributed by atoms with van der Waals surface area (Å²) in [5.41, 5.74) is 11.4. The molecule has 0 atom stereocenters. The number of benzene rings is 2. The third-order valence-electron chi connectivity index (χ3n) is 5.77. The number of amides is 1. The molecule has 1 aliphatic heterocycles. The Morgan fingerprint density at radius 1 is 1.23 bits per heavy atom. The maximum absolute atomic E-state index is 13.1. The molecule has 4 aromatic rings. The summed E-state index contributed by atoms with van der Waals surface area (Å²) in [6.07, 6.45) is 1.77. The number of nitrogens with zero attached hydrogens (tertiary/aromatic N) is 3. The third kappa shape index (κ3) is 2.71. The van der Waals surface area contributed by atoms with Crippen molar-refractivity contribution in [2.24, 2.45) is 5.41 Å². The number of aromatic amines is 1. The van der Waals surface area contributed by atoms with E-state index in [1.807, 2.05) is 38.1 Å². The Balaban J connectivity index is 1.64. The number of rotatable bonds is 3. The van der Waals surface area contributed by atoms with Crippen molar-refractivity contribution in [2.75, 3.05) is 12.3 Å². The Labute approximate surface area is 173 Å². The van der Waals surface area contributed by atoms with E-state index >= 15 is 0 Å². The van der Waals surface area contributed by atoms with Crippen LogP contribution in [-0.4, -0.2) is 27.3 Å². The van der Waals surface area contributed by atoms with E-state index in [1.54, 1.807) is 17.2 Å². The van der Waals surface area contributed by atoms with Gasteiger partial charge >= 0.3 is 0 Å². The van der Waals surface area contributed by atoms with Crippen molar-refractivity contribution >= 4 is 33.5 Å². The number of nitrogens with one attached hydrogen (secondary N) is 1. The Morgan fingerprint density at radius 2 is 2.07 bits per heavy atom. The van der Waals surface area contributed by atoms with Gasteiger partial charge in [-0.05, 0) is 60.9 Å². The predicted octanol–water partition coefficient (Wildman–Crippen LogP) is 4.47. The standard InChI is InChI=1S/C24H21N5O/c1-24(2,12-25)13-29-11-18-15(6-7-19(26)21(18)23(29)30)14-5-8-20-17(10-14)16-4-3-9-27-22(16)28-20/h3-10H,11,13,26H2,1-2H3,(H,27,28). The largest absolute Gasteiger partial charge is 0.398 e. The molecule has 30 heavy (non-hydrogen) atoms. The second-order valence-electron chi connectivity index (χ2n) is 8.50. The molecule has 148 valence electrons. The average molecular weight is 395 g/mol. The monoisotopic (exact) mass is 395 g/mol. The minimum atomic E-state index is -0.622. The van der Waals surface area contributed by atoms with Gasteiger partial charge in [0, 0.05) is 41.3 Å². The maximum Gasteiger partial charge on any atom is 0.256 e. The lowest BCUT2D eigenvalue weighted by molar-refractivity contribution is 0.0739. The van der Waals surface area contributed by atoms with Crippen molar-refractivity contribution < 1.29 is 4.79 Å². The van der Waals surface area contributed by atoms with Crippen molar-refractivity contribution in [3.8, 4) is 17.2 Å². The molecular weight excluding hydrogens is 374 g/mol. The van der Waals surface area contributed by atoms with Gasteiger partial charge < -0.3 is 15.6 Å². The Kier molecular flexibility index (Phi) is 3.84. The van der Waals surface area contributed by atoms with Crippen LogP contribution in [0.15, 0.2) is 48.7 Å². The Hall–Kier alpha value is -3.85. The molecule has 1 aliphatic rings. The number of pyridine rings is 1. The first-order valence-electron chi connectivity index (χ1n) is 9.87. The first kappa shape index (κ1) is 18.2. The fourth-order valence-corrected chi connectivity index (χ4v) is 4.31. The summed E-state index contributed by atoms with van der Waals surface area (Å²) in [7, 11) is 0. The molecule has 1 amide bonds. The molecule has 6 nitrogen and oxygen atoms in total. The lowest BCUT2D eigenvalue weighted by Crippen LogP contribution is -2.33. The van der Waals surface area contributed by atoms with Crippen molar-refractivity contribution in [1.82, 2.24) is 14.9 Å². The summed E-state index contributed by atoms with van der Waals surface area (Å²) >= 11 is 0. The van der Waals surface area contributed by atoms with E-state index in [0.29, 0.717) is 24.3 Å². The normalized spacial score (nSPS) is 13.8. The average Bonchev–Trinajstić information content (AvgIpc) is 3.26. The summed E-state index contributed by atoms with van der Waals surface area (Å²) in [4.78, 5) is 22.5. The van der Waals surface area contributed by atoms with Gasteiger partial charge in [-0.2, -0.15) is 5.26 Å². The molecule has 2 aromatic heterocycles. The van der Waals surface area contributed by atoms with E-state index in [4.69, 9.17) is 5.73 Å². The molecule has 0 unspecified atom stereocenters. The quantitative estimate of drug-likeness (QED) is 0.500. The van der Waals surface area contributed by atoms with Crippen LogP contribution in [0, 0.1) is 16.7 Å². The molecule has 0 fully saturated rings. The summed E-state index contributed by atoms with van der Waals surface area (Å²) < 4.78 is 0. The number of carbonyl (C=O) groups is 1. The van der Waals surface area contributed by atoms with Crippen LogP contribution in [0.5, 0.6) is 0 Å². The van der Waals surface area contributed by atoms with E-state index in [1.165, 1.54) is 0 Å². The molecule has 0 aliphatic carbocycles. The number of H-pyrrole nitrogens is 1. The minimum Gasteiger partial charge on any atom is -0.398 e. The number of hydrogen-bond donors (Lipinski definition) is 2. The van der Waals surface area contributed by atoms with Crippen LogP contribution in [0.25, 0.3) is 33.1 Å². The molecule has 3 heterocycles. The van der Waals surface area contributed by atoms with Crippen LogP contribution in [0.4, 0.5) is 5.69 Å². The smallest absolute Gasteiger partial charge is 0.256 e. The van der Waals surface area contributed by atoms with Gasteiger partial charge in [0.1, 0.15) is 5.65 Å². The number of carbonyl (C=O) groups excluding carboxylic acids is 1. The zero-order valence-electron chi connectivity index (χ0n) is 16.9. The number of nitrogen functional groups attached to an aromatic ring is 1. The Morgan fingerprint density at radius 3 is 2.87 bits per heavy atom. The highest BCUT2D eigenvalue weighted by Gasteiger charge is 2.35. The first-order valence-corrected chi connectivity index (χ1v) is 9.87. The van der Waals surface area contributed by atoms with E-state index in [9.17, 15) is 10.1 Å². The summed E-state index contributed by atoms with van der Waals surface area (Å²) in [6.45, 7) is 4.50. The second kappa shape index (κ2) is 6.33. The fourth-order valence-electron chi connectivity index (χ4n) is 4.31. The van der Waals surface area contributed by atoms with Crippen molar-refractivity contribution in [3.05, 3.63) is 59.8 Å². The van der Waals surface area contributed by atoms with Crippen LogP contribution < -0.4 is 5.73 Å². The van der Waals surface area contributed by atoms with Gasteiger partial charge in [-0.15, -0.1) is 0 Å². The number of aromatic nitrogens is 2. The molecule has 0 spiro atoms. The molecule has 2 aromatic carbocycles. The van der Waals surface area contributed by atoms with Crippen LogP contribution in [0.3, 0.4) is 0 Å². The topological polar surface area (TPSA) is 98.8 Å². The van der Waals surface area contributed by atoms with E-state index in [2.05, 4.69) is 28.2 Å². The van der Waals surface area contributed by atoms with Crippen molar-refractivity contribution in [1.29, 1.82) is 5.26 Å². The van der Waals surface area contributed by atoms with Crippen LogP contribution in [-0.2, 0) is 6.54 Å². The molecule has 0 radical (unpaired) electrons. The van der Waals surface area contributed by atoms with E-state index in [-0.39, 0.29) is 5.91 Å². The highest BCUT2D eigenvalue weighted by molar-refractivity contribution is 6.08. The number of anilines is 1. The zero-order chi connectivity index (χ0) is 21.0. The van der Waals surface area contributed by atoms with Gasteiger partial charge in [-0.3, -0.25) is 4.79 Å². The SMILES string of the molecule is CC(C)(C#N)CN1Cc2c(-c3ccc4[nH]c5ncccc5c4c3)ccc(N)c2C1=O. The molecular formula is C24H21N5O. The van der Waals surface area contributed by atoms with Gasteiger partial charge in [0.25, 0.3) is 5.91 Å². The summed E-state index contributed by atoms with van der Waals surface area (Å²) in [5.74, 6) is -0.106. The molecule has 0 saturated heterocycles. The second-order valence-corrected chi connectivity index (χ2v) is 8.50. The molecule has 0 bridgehead atoms. The van der Waals surface area contributed by atoms with Gasteiger partial charge in [0.2, 0.25) is 0 Å². The van der Waals surface area contributed by atoms with E-state index in [0.717, 1.165) is 38.6 Å². The first-order chi connectivity index (χ1) is 14.4. The molecule has 0 saturated carbocycles. The van der Waals surface area contributed by atoms with Gasteiger partial charge in [-0.1, -0.05) is 12.1 Å². The highest BCUT2D eigenvalue weighted by atomic mass is 16.2. The summed E-state index contributed by atoms with van der Waals surface area (Å²) in [5, 5.41) is 11.5. The maximum atomic E-state index is 13.1. The zero-order valence-corrected chi connectivity index (χ0v) is 16.9. The van der Waals surface area contributed by atoms with Crippen molar-refractivity contribution in [3.63, 3.8) is 0 Å². The van der Waals surface area contributed by atoms with E-state index < -0.39 is 5.41 Å². The number of nitrogens with two attached hydrogens (primary N) is 1. The number of hydrogen-bond acceptors (Lipinski definition) is 4. The van der Waals surface area contributed by atoms with Gasteiger partial charge in [0.05, 0.1) is 17.0 Å². The summed E-state index contributed by atoms with van der Waals surface area (Å²) in [6, 6.07) is 16.3. The Bertz CT molecular complexity index is 1380.